The minimum absolute atomic E-state index is 0.0236. The van der Waals surface area contributed by atoms with Gasteiger partial charge in [-0.25, -0.2) is 4.99 Å². The number of piperazine rings is 1. The second-order valence-corrected chi connectivity index (χ2v) is 5.36. The fourth-order valence-electron chi connectivity index (χ4n) is 2.13. The minimum Gasteiger partial charge on any atom is -0.357 e. The highest BCUT2D eigenvalue weighted by molar-refractivity contribution is 5.87. The van der Waals surface area contributed by atoms with Gasteiger partial charge in [-0.3, -0.25) is 4.79 Å². The normalized spacial score (nSPS) is 18.4. The summed E-state index contributed by atoms with van der Waals surface area (Å²) in [5.41, 5.74) is 0. The Balaban J connectivity index is 2.93. The summed E-state index contributed by atoms with van der Waals surface area (Å²) in [6.45, 7) is 7.81. The zero-order chi connectivity index (χ0) is 14.4. The molecule has 0 unspecified atom stereocenters. The predicted octanol–water partition coefficient (Wildman–Crippen LogP) is -0.420. The summed E-state index contributed by atoms with van der Waals surface area (Å²) in [5, 5.41) is 6.02. The summed E-state index contributed by atoms with van der Waals surface area (Å²) >= 11 is 0. The summed E-state index contributed by atoms with van der Waals surface area (Å²) in [6, 6.07) is -0.336. The molecule has 0 bridgehead atoms. The first-order chi connectivity index (χ1) is 8.97. The van der Waals surface area contributed by atoms with Gasteiger partial charge in [0.2, 0.25) is 5.91 Å². The molecule has 1 atom stereocenters. The van der Waals surface area contributed by atoms with Crippen LogP contribution in [0, 0.1) is 5.92 Å². The molecule has 0 aromatic rings. The van der Waals surface area contributed by atoms with E-state index in [1.807, 2.05) is 32.8 Å². The molecule has 19 heavy (non-hydrogen) atoms. The molecule has 1 amide bonds. The van der Waals surface area contributed by atoms with Crippen LogP contribution in [0.2, 0.25) is 0 Å². The largest absolute Gasteiger partial charge is 0.357 e. The lowest BCUT2D eigenvalue weighted by Crippen LogP contribution is -2.51. The van der Waals surface area contributed by atoms with Gasteiger partial charge >= 0.3 is 0 Å². The van der Waals surface area contributed by atoms with Crippen LogP contribution in [0.5, 0.6) is 0 Å². The molecule has 6 nitrogen and oxygen atoms in total. The molecule has 6 heteroatoms. The lowest BCUT2D eigenvalue weighted by molar-refractivity contribution is -0.122. The molecule has 1 aliphatic heterocycles. The maximum atomic E-state index is 11.9. The number of likely N-dealkylation sites (N-methyl/N-ethyl adjacent to an activating group) is 1. The van der Waals surface area contributed by atoms with Crippen molar-refractivity contribution in [2.75, 3.05) is 47.3 Å². The van der Waals surface area contributed by atoms with Gasteiger partial charge in [-0.1, -0.05) is 13.8 Å². The van der Waals surface area contributed by atoms with Crippen molar-refractivity contribution in [2.24, 2.45) is 10.9 Å². The first-order valence-corrected chi connectivity index (χ1v) is 6.89. The number of nitrogens with zero attached hydrogens (tertiary/aromatic N) is 3. The maximum Gasteiger partial charge on any atom is 0.244 e. The van der Waals surface area contributed by atoms with Crippen LogP contribution in [-0.2, 0) is 4.79 Å². The van der Waals surface area contributed by atoms with Gasteiger partial charge in [-0.2, -0.15) is 0 Å². The maximum absolute atomic E-state index is 11.9. The highest BCUT2D eigenvalue weighted by Gasteiger charge is 2.24. The van der Waals surface area contributed by atoms with Crippen LogP contribution < -0.4 is 10.6 Å². The van der Waals surface area contributed by atoms with Crippen LogP contribution in [-0.4, -0.2) is 75.0 Å². The fraction of sp³-hybridized carbons (Fsp3) is 0.846. The van der Waals surface area contributed by atoms with E-state index < -0.39 is 0 Å². The van der Waals surface area contributed by atoms with Crippen LogP contribution >= 0.6 is 0 Å². The van der Waals surface area contributed by atoms with E-state index in [1.54, 1.807) is 7.05 Å². The van der Waals surface area contributed by atoms with Crippen LogP contribution in [0.4, 0.5) is 0 Å². The second-order valence-electron chi connectivity index (χ2n) is 5.36. The lowest BCUT2D eigenvalue weighted by Gasteiger charge is -2.34. The average molecular weight is 269 g/mol. The van der Waals surface area contributed by atoms with Crippen LogP contribution in [0.15, 0.2) is 4.99 Å². The Hall–Kier alpha value is -1.30. The van der Waals surface area contributed by atoms with E-state index in [4.69, 9.17) is 4.99 Å². The molecule has 2 N–H and O–H groups in total. The minimum atomic E-state index is -0.336. The Labute approximate surface area is 116 Å². The number of carbonyl (C=O) groups is 1. The van der Waals surface area contributed by atoms with E-state index in [1.165, 1.54) is 0 Å². The molecule has 110 valence electrons. The number of amides is 1. The molecule has 0 aromatic carbocycles. The SMILES string of the molecule is CNC(=O)[C@@H](N=C(N(C)C)N1CCNCC1)C(C)C. The van der Waals surface area contributed by atoms with Crippen LogP contribution in [0.1, 0.15) is 13.8 Å². The lowest BCUT2D eigenvalue weighted by atomic mass is 10.0. The number of hydrogen-bond acceptors (Lipinski definition) is 3. The van der Waals surface area contributed by atoms with Crippen molar-refractivity contribution in [3.63, 3.8) is 0 Å². The summed E-state index contributed by atoms with van der Waals surface area (Å²) < 4.78 is 0. The van der Waals surface area contributed by atoms with E-state index in [2.05, 4.69) is 15.5 Å². The van der Waals surface area contributed by atoms with E-state index in [-0.39, 0.29) is 17.9 Å². The van der Waals surface area contributed by atoms with Crippen LogP contribution in [0.3, 0.4) is 0 Å². The van der Waals surface area contributed by atoms with Crippen molar-refractivity contribution in [2.45, 2.75) is 19.9 Å². The Bertz CT molecular complexity index is 321. The van der Waals surface area contributed by atoms with Crippen molar-refractivity contribution in [1.29, 1.82) is 0 Å². The number of guanidine groups is 1. The molecule has 0 aliphatic carbocycles. The highest BCUT2D eigenvalue weighted by atomic mass is 16.2. The molecule has 0 saturated carbocycles. The molecule has 1 heterocycles. The van der Waals surface area contributed by atoms with Gasteiger partial charge in [0.05, 0.1) is 0 Å². The third-order valence-corrected chi connectivity index (χ3v) is 3.20. The van der Waals surface area contributed by atoms with Crippen molar-refractivity contribution >= 4 is 11.9 Å². The standard InChI is InChI=1S/C13H27N5O/c1-10(2)11(12(19)14-3)16-13(17(4)5)18-8-6-15-7-9-18/h10-11,15H,6-9H2,1-5H3,(H,14,19)/t11-/m0/s1. The first kappa shape index (κ1) is 15.8. The molecule has 0 aromatic heterocycles. The molecule has 1 aliphatic rings. The van der Waals surface area contributed by atoms with Crippen molar-refractivity contribution in [3.05, 3.63) is 0 Å². The number of carbonyl (C=O) groups excluding carboxylic acids is 1. The van der Waals surface area contributed by atoms with E-state index in [0.29, 0.717) is 0 Å². The summed E-state index contributed by atoms with van der Waals surface area (Å²) in [4.78, 5) is 20.8. The molecular formula is C13H27N5O. The van der Waals surface area contributed by atoms with Crippen molar-refractivity contribution in [1.82, 2.24) is 20.4 Å². The van der Waals surface area contributed by atoms with E-state index in [9.17, 15) is 4.79 Å². The molecule has 0 radical (unpaired) electrons. The number of aliphatic imine (C=N–C) groups is 1. The average Bonchev–Trinajstić information content (AvgIpc) is 2.39. The predicted molar refractivity (Wildman–Crippen MR) is 78.3 cm³/mol. The Morgan fingerprint density at radius 1 is 1.32 bits per heavy atom. The van der Waals surface area contributed by atoms with Gasteiger partial charge in [-0.15, -0.1) is 0 Å². The van der Waals surface area contributed by atoms with Gasteiger partial charge in [0.15, 0.2) is 5.96 Å². The summed E-state index contributed by atoms with van der Waals surface area (Å²) in [7, 11) is 5.61. The summed E-state index contributed by atoms with van der Waals surface area (Å²) in [6.07, 6.45) is 0. The monoisotopic (exact) mass is 269 g/mol. The van der Waals surface area contributed by atoms with Gasteiger partial charge in [0.1, 0.15) is 6.04 Å². The Morgan fingerprint density at radius 2 is 1.89 bits per heavy atom. The van der Waals surface area contributed by atoms with Gasteiger partial charge in [0, 0.05) is 47.3 Å². The molecule has 1 saturated heterocycles. The third-order valence-electron chi connectivity index (χ3n) is 3.20. The third kappa shape index (κ3) is 4.38. The topological polar surface area (TPSA) is 60.0 Å². The Morgan fingerprint density at radius 3 is 2.32 bits per heavy atom. The number of nitrogens with one attached hydrogen (secondary N) is 2. The van der Waals surface area contributed by atoms with Crippen LogP contribution in [0.25, 0.3) is 0 Å². The summed E-state index contributed by atoms with van der Waals surface area (Å²) in [5.74, 6) is 1.05. The Kier molecular flexibility index (Phi) is 6.08. The molecular weight excluding hydrogens is 242 g/mol. The molecule has 0 spiro atoms. The van der Waals surface area contributed by atoms with Gasteiger partial charge in [-0.05, 0) is 5.92 Å². The highest BCUT2D eigenvalue weighted by Crippen LogP contribution is 2.09. The quantitative estimate of drug-likeness (QED) is 0.540. The van der Waals surface area contributed by atoms with E-state index >= 15 is 0 Å². The first-order valence-electron chi connectivity index (χ1n) is 6.89. The van der Waals surface area contributed by atoms with Gasteiger partial charge < -0.3 is 20.4 Å². The molecule has 1 fully saturated rings. The second kappa shape index (κ2) is 7.33. The zero-order valence-corrected chi connectivity index (χ0v) is 12.7. The van der Waals surface area contributed by atoms with Crippen molar-refractivity contribution in [3.8, 4) is 0 Å². The number of rotatable bonds is 3. The zero-order valence-electron chi connectivity index (χ0n) is 12.7. The van der Waals surface area contributed by atoms with E-state index in [0.717, 1.165) is 32.1 Å². The molecule has 1 rings (SSSR count). The smallest absolute Gasteiger partial charge is 0.244 e. The van der Waals surface area contributed by atoms with Gasteiger partial charge in [0.25, 0.3) is 0 Å². The fourth-order valence-corrected chi connectivity index (χ4v) is 2.13. The van der Waals surface area contributed by atoms with Crippen molar-refractivity contribution < 1.29 is 4.79 Å². The number of hydrogen-bond donors (Lipinski definition) is 2.